The quantitative estimate of drug-likeness (QED) is 0.527. The van der Waals surface area contributed by atoms with Crippen LogP contribution in [-0.4, -0.2) is 27.2 Å². The van der Waals surface area contributed by atoms with E-state index in [9.17, 15) is 14.9 Å². The first-order valence-electron chi connectivity index (χ1n) is 8.67. The third kappa shape index (κ3) is 2.77. The maximum absolute atomic E-state index is 13.1. The number of para-hydroxylation sites is 1. The number of fused-ring (bicyclic) bond motifs is 1. The molecule has 0 spiro atoms. The van der Waals surface area contributed by atoms with E-state index in [1.807, 2.05) is 38.1 Å². The summed E-state index contributed by atoms with van der Waals surface area (Å²) in [5.41, 5.74) is 4.76. The Morgan fingerprint density at radius 2 is 1.93 bits per heavy atom. The number of carbonyl (C=O) groups is 1. The van der Waals surface area contributed by atoms with Gasteiger partial charge in [0.2, 0.25) is 0 Å². The molecular formula is C20H18N4O3. The van der Waals surface area contributed by atoms with Gasteiger partial charge < -0.3 is 4.90 Å². The minimum absolute atomic E-state index is 0.0132. The summed E-state index contributed by atoms with van der Waals surface area (Å²) in [6, 6.07) is 12.5. The van der Waals surface area contributed by atoms with Gasteiger partial charge in [0.1, 0.15) is 0 Å². The predicted octanol–water partition coefficient (Wildman–Crippen LogP) is 3.60. The van der Waals surface area contributed by atoms with Crippen molar-refractivity contribution in [1.29, 1.82) is 0 Å². The highest BCUT2D eigenvalue weighted by atomic mass is 16.6. The van der Waals surface area contributed by atoms with Crippen LogP contribution < -0.4 is 4.90 Å². The topological polar surface area (TPSA) is 81.3 Å². The second-order valence-corrected chi connectivity index (χ2v) is 6.62. The standard InChI is InChI=1S/C20H18N4O3/c1-13-5-3-4-6-18(13)23-14(2)17(12-21-23)20(25)22-10-9-15-7-8-16(24(26)27)11-19(15)22/h3-8,11-12H,9-10H2,1-2H3. The number of amides is 1. The van der Waals surface area contributed by atoms with E-state index >= 15 is 0 Å². The number of hydrogen-bond donors (Lipinski definition) is 0. The second kappa shape index (κ2) is 6.35. The molecule has 0 radical (unpaired) electrons. The van der Waals surface area contributed by atoms with Gasteiger partial charge in [-0.1, -0.05) is 24.3 Å². The lowest BCUT2D eigenvalue weighted by Crippen LogP contribution is -2.29. The SMILES string of the molecule is Cc1ccccc1-n1ncc(C(=O)N2CCc3ccc([N+](=O)[O-])cc32)c1C. The Balaban J connectivity index is 1.71. The lowest BCUT2D eigenvalue weighted by Gasteiger charge is -2.17. The summed E-state index contributed by atoms with van der Waals surface area (Å²) in [7, 11) is 0. The summed E-state index contributed by atoms with van der Waals surface area (Å²) in [5.74, 6) is -0.188. The van der Waals surface area contributed by atoms with Crippen molar-refractivity contribution in [1.82, 2.24) is 9.78 Å². The number of anilines is 1. The minimum atomic E-state index is -0.442. The van der Waals surface area contributed by atoms with Crippen LogP contribution in [0, 0.1) is 24.0 Å². The summed E-state index contributed by atoms with van der Waals surface area (Å²) in [4.78, 5) is 25.4. The number of carbonyl (C=O) groups excluding carboxylic acids is 1. The summed E-state index contributed by atoms with van der Waals surface area (Å²) < 4.78 is 1.76. The van der Waals surface area contributed by atoms with Crippen LogP contribution in [-0.2, 0) is 6.42 Å². The molecule has 0 fully saturated rings. The normalized spacial score (nSPS) is 12.9. The van der Waals surface area contributed by atoms with Gasteiger partial charge >= 0.3 is 0 Å². The van der Waals surface area contributed by atoms with Gasteiger partial charge in [-0.25, -0.2) is 4.68 Å². The van der Waals surface area contributed by atoms with Crippen LogP contribution in [0.5, 0.6) is 0 Å². The van der Waals surface area contributed by atoms with Crippen LogP contribution in [0.2, 0.25) is 0 Å². The molecule has 2 heterocycles. The molecule has 136 valence electrons. The Morgan fingerprint density at radius 3 is 2.67 bits per heavy atom. The highest BCUT2D eigenvalue weighted by Crippen LogP contribution is 2.33. The second-order valence-electron chi connectivity index (χ2n) is 6.62. The third-order valence-electron chi connectivity index (χ3n) is 5.00. The van der Waals surface area contributed by atoms with Gasteiger partial charge in [-0.2, -0.15) is 5.10 Å². The molecule has 4 rings (SSSR count). The van der Waals surface area contributed by atoms with Crippen molar-refractivity contribution in [3.8, 4) is 5.69 Å². The zero-order valence-electron chi connectivity index (χ0n) is 15.0. The van der Waals surface area contributed by atoms with Gasteiger partial charge in [0, 0.05) is 18.7 Å². The van der Waals surface area contributed by atoms with E-state index in [1.54, 1.807) is 21.8 Å². The van der Waals surface area contributed by atoms with E-state index in [0.29, 0.717) is 24.2 Å². The molecule has 0 saturated heterocycles. The van der Waals surface area contributed by atoms with E-state index in [-0.39, 0.29) is 11.6 Å². The van der Waals surface area contributed by atoms with Gasteiger partial charge in [-0.3, -0.25) is 14.9 Å². The molecule has 1 aromatic heterocycles. The Bertz CT molecular complexity index is 1070. The largest absolute Gasteiger partial charge is 0.307 e. The van der Waals surface area contributed by atoms with E-state index in [4.69, 9.17) is 0 Å². The van der Waals surface area contributed by atoms with Crippen LogP contribution in [0.4, 0.5) is 11.4 Å². The maximum atomic E-state index is 13.1. The van der Waals surface area contributed by atoms with Crippen molar-refractivity contribution < 1.29 is 9.72 Å². The smallest absolute Gasteiger partial charge is 0.271 e. The minimum Gasteiger partial charge on any atom is -0.307 e. The maximum Gasteiger partial charge on any atom is 0.271 e. The Morgan fingerprint density at radius 1 is 1.15 bits per heavy atom. The molecule has 0 bridgehead atoms. The van der Waals surface area contributed by atoms with Crippen LogP contribution in [0.15, 0.2) is 48.7 Å². The number of rotatable bonds is 3. The zero-order valence-corrected chi connectivity index (χ0v) is 15.0. The molecule has 7 heteroatoms. The van der Waals surface area contributed by atoms with Crippen LogP contribution in [0.3, 0.4) is 0 Å². The Kier molecular flexibility index (Phi) is 3.99. The van der Waals surface area contributed by atoms with E-state index < -0.39 is 4.92 Å². The molecule has 0 N–H and O–H groups in total. The summed E-state index contributed by atoms with van der Waals surface area (Å²) in [5, 5.41) is 15.5. The first-order valence-corrected chi connectivity index (χ1v) is 8.67. The summed E-state index contributed by atoms with van der Waals surface area (Å²) >= 11 is 0. The summed E-state index contributed by atoms with van der Waals surface area (Å²) in [6.07, 6.45) is 2.25. The molecular weight excluding hydrogens is 344 g/mol. The molecule has 0 unspecified atom stereocenters. The number of aromatic nitrogens is 2. The molecule has 1 amide bonds. The lowest BCUT2D eigenvalue weighted by molar-refractivity contribution is -0.384. The fraction of sp³-hybridized carbons (Fsp3) is 0.200. The van der Waals surface area contributed by atoms with Crippen molar-refractivity contribution in [3.05, 3.63) is 81.2 Å². The van der Waals surface area contributed by atoms with E-state index in [0.717, 1.165) is 22.5 Å². The molecule has 2 aromatic carbocycles. The Labute approximate surface area is 156 Å². The van der Waals surface area contributed by atoms with Crippen molar-refractivity contribution in [2.75, 3.05) is 11.4 Å². The molecule has 27 heavy (non-hydrogen) atoms. The van der Waals surface area contributed by atoms with Gasteiger partial charge in [0.05, 0.1) is 33.8 Å². The third-order valence-corrected chi connectivity index (χ3v) is 5.00. The number of hydrogen-bond acceptors (Lipinski definition) is 4. The molecule has 0 aliphatic carbocycles. The average Bonchev–Trinajstić information content (AvgIpc) is 3.25. The Hall–Kier alpha value is -3.48. The molecule has 1 aliphatic rings. The highest BCUT2D eigenvalue weighted by molar-refractivity contribution is 6.08. The van der Waals surface area contributed by atoms with Gasteiger partial charge in [-0.15, -0.1) is 0 Å². The van der Waals surface area contributed by atoms with Gasteiger partial charge in [-0.05, 0) is 37.5 Å². The van der Waals surface area contributed by atoms with Gasteiger partial charge in [0.25, 0.3) is 11.6 Å². The zero-order chi connectivity index (χ0) is 19.1. The van der Waals surface area contributed by atoms with Crippen molar-refractivity contribution in [2.24, 2.45) is 0 Å². The average molecular weight is 362 g/mol. The van der Waals surface area contributed by atoms with Crippen molar-refractivity contribution in [2.45, 2.75) is 20.3 Å². The summed E-state index contributed by atoms with van der Waals surface area (Å²) in [6.45, 7) is 4.36. The lowest BCUT2D eigenvalue weighted by atomic mass is 10.1. The predicted molar refractivity (Wildman–Crippen MR) is 102 cm³/mol. The molecule has 0 saturated carbocycles. The number of non-ortho nitro benzene ring substituents is 1. The number of nitrogens with zero attached hydrogens (tertiary/aromatic N) is 4. The fourth-order valence-corrected chi connectivity index (χ4v) is 3.50. The molecule has 7 nitrogen and oxygen atoms in total. The van der Waals surface area contributed by atoms with E-state index in [2.05, 4.69) is 5.10 Å². The first kappa shape index (κ1) is 17.0. The number of benzene rings is 2. The van der Waals surface area contributed by atoms with Crippen LogP contribution in [0.1, 0.15) is 27.2 Å². The first-order chi connectivity index (χ1) is 13.0. The van der Waals surface area contributed by atoms with Gasteiger partial charge in [0.15, 0.2) is 0 Å². The van der Waals surface area contributed by atoms with Crippen molar-refractivity contribution >= 4 is 17.3 Å². The van der Waals surface area contributed by atoms with Crippen LogP contribution >= 0.6 is 0 Å². The number of nitro groups is 1. The fourth-order valence-electron chi connectivity index (χ4n) is 3.50. The van der Waals surface area contributed by atoms with Crippen molar-refractivity contribution in [3.63, 3.8) is 0 Å². The highest BCUT2D eigenvalue weighted by Gasteiger charge is 2.29. The van der Waals surface area contributed by atoms with E-state index in [1.165, 1.54) is 12.1 Å². The molecule has 1 aliphatic heterocycles. The van der Waals surface area contributed by atoms with Crippen LogP contribution in [0.25, 0.3) is 5.69 Å². The number of aryl methyl sites for hydroxylation is 1. The molecule has 0 atom stereocenters. The molecule has 3 aromatic rings. The monoisotopic (exact) mass is 362 g/mol. The number of nitro benzene ring substituents is 1.